The van der Waals surface area contributed by atoms with Gasteiger partial charge in [0, 0.05) is 31.1 Å². The van der Waals surface area contributed by atoms with Gasteiger partial charge in [-0.2, -0.15) is 0 Å². The molecule has 162 valence electrons. The van der Waals surface area contributed by atoms with E-state index in [1.165, 1.54) is 46.8 Å². The van der Waals surface area contributed by atoms with Gasteiger partial charge in [-0.25, -0.2) is 0 Å². The largest absolute Gasteiger partial charge is 0.332 e. The molecule has 3 rings (SSSR count). The third-order valence-electron chi connectivity index (χ3n) is 4.97. The smallest absolute Gasteiger partial charge is 0.283 e. The Kier molecular flexibility index (Phi) is 6.59. The molecule has 0 aliphatic carbocycles. The number of anilines is 2. The minimum atomic E-state index is -0.534. The minimum Gasteiger partial charge on any atom is -0.332 e. The summed E-state index contributed by atoms with van der Waals surface area (Å²) in [5.41, 5.74) is 1.06. The second kappa shape index (κ2) is 9.17. The van der Waals surface area contributed by atoms with Gasteiger partial charge in [0.15, 0.2) is 0 Å². The molecule has 0 radical (unpaired) electrons. The van der Waals surface area contributed by atoms with E-state index in [-0.39, 0.29) is 36.0 Å². The van der Waals surface area contributed by atoms with Gasteiger partial charge in [0.25, 0.3) is 11.6 Å². The lowest BCUT2D eigenvalue weighted by Gasteiger charge is -2.29. The van der Waals surface area contributed by atoms with Crippen LogP contribution >= 0.6 is 11.8 Å². The average molecular weight is 442 g/mol. The Morgan fingerprint density at radius 3 is 2.68 bits per heavy atom. The Hall–Kier alpha value is -3.40. The van der Waals surface area contributed by atoms with Gasteiger partial charge in [-0.05, 0) is 37.4 Å². The fraction of sp³-hybridized carbons (Fsp3) is 0.286. The van der Waals surface area contributed by atoms with Crippen LogP contribution in [0.15, 0.2) is 47.4 Å². The number of benzene rings is 2. The van der Waals surface area contributed by atoms with Crippen LogP contribution in [-0.4, -0.2) is 53.4 Å². The van der Waals surface area contributed by atoms with Crippen molar-refractivity contribution in [3.63, 3.8) is 0 Å². The lowest BCUT2D eigenvalue weighted by Crippen LogP contribution is -2.45. The molecular formula is C21H22N4O5S. The molecule has 0 aromatic heterocycles. The zero-order valence-electron chi connectivity index (χ0n) is 17.3. The number of thioether (sulfide) groups is 1. The normalized spacial score (nSPS) is 15.5. The summed E-state index contributed by atoms with van der Waals surface area (Å²) in [5.74, 6) is -1.06. The summed E-state index contributed by atoms with van der Waals surface area (Å²) in [6.07, 6.45) is 1.84. The molecule has 1 aliphatic rings. The first kappa shape index (κ1) is 22.3. The molecule has 1 heterocycles. The molecule has 0 unspecified atom stereocenters. The fourth-order valence-corrected chi connectivity index (χ4v) is 4.05. The number of carbonyl (C=O) groups excluding carboxylic acids is 3. The number of hydrogen-bond acceptors (Lipinski definition) is 6. The fourth-order valence-electron chi connectivity index (χ4n) is 3.50. The van der Waals surface area contributed by atoms with Crippen molar-refractivity contribution in [2.75, 3.05) is 30.1 Å². The second-order valence-electron chi connectivity index (χ2n) is 7.19. The second-order valence-corrected chi connectivity index (χ2v) is 8.04. The van der Waals surface area contributed by atoms with Crippen molar-refractivity contribution in [1.82, 2.24) is 4.90 Å². The Labute approximate surface area is 183 Å². The molecule has 1 atom stereocenters. The highest BCUT2D eigenvalue weighted by Gasteiger charge is 2.31. The number of nitrogens with zero attached hydrogens (tertiary/aromatic N) is 3. The molecule has 10 heteroatoms. The van der Waals surface area contributed by atoms with Gasteiger partial charge < -0.3 is 15.1 Å². The van der Waals surface area contributed by atoms with Crippen molar-refractivity contribution in [2.45, 2.75) is 24.3 Å². The first-order valence-electron chi connectivity index (χ1n) is 9.51. The number of nitro groups is 1. The van der Waals surface area contributed by atoms with Crippen LogP contribution in [0.4, 0.5) is 17.1 Å². The number of rotatable bonds is 5. The number of nitrogens with one attached hydrogen (secondary N) is 1. The van der Waals surface area contributed by atoms with Crippen molar-refractivity contribution < 1.29 is 19.3 Å². The molecule has 2 aromatic rings. The van der Waals surface area contributed by atoms with Crippen LogP contribution in [-0.2, 0) is 9.59 Å². The summed E-state index contributed by atoms with van der Waals surface area (Å²) in [7, 11) is 1.46. The average Bonchev–Trinajstić information content (AvgIpc) is 2.86. The van der Waals surface area contributed by atoms with Gasteiger partial charge in [-0.15, -0.1) is 11.8 Å². The van der Waals surface area contributed by atoms with Crippen LogP contribution in [0, 0.1) is 10.1 Å². The van der Waals surface area contributed by atoms with Gasteiger partial charge in [0.2, 0.25) is 11.8 Å². The van der Waals surface area contributed by atoms with E-state index < -0.39 is 16.9 Å². The van der Waals surface area contributed by atoms with E-state index in [0.717, 1.165) is 0 Å². The maximum atomic E-state index is 13.1. The van der Waals surface area contributed by atoms with E-state index in [1.807, 2.05) is 0 Å². The Morgan fingerprint density at radius 2 is 2.00 bits per heavy atom. The quantitative estimate of drug-likeness (QED) is 0.432. The van der Waals surface area contributed by atoms with E-state index in [2.05, 4.69) is 5.32 Å². The van der Waals surface area contributed by atoms with Crippen LogP contribution in [0.25, 0.3) is 0 Å². The maximum Gasteiger partial charge on any atom is 0.283 e. The molecule has 31 heavy (non-hydrogen) atoms. The highest BCUT2D eigenvalue weighted by Crippen LogP contribution is 2.32. The van der Waals surface area contributed by atoms with Crippen molar-refractivity contribution in [2.24, 2.45) is 0 Å². The van der Waals surface area contributed by atoms with E-state index in [4.69, 9.17) is 0 Å². The summed E-state index contributed by atoms with van der Waals surface area (Å²) in [4.78, 5) is 52.0. The summed E-state index contributed by atoms with van der Waals surface area (Å²) in [6, 6.07) is 10.8. The number of hydrogen-bond donors (Lipinski definition) is 1. The predicted octanol–water partition coefficient (Wildman–Crippen LogP) is 3.15. The van der Waals surface area contributed by atoms with Crippen LogP contribution in [0.5, 0.6) is 0 Å². The number of likely N-dealkylation sites (N-methyl/N-ethyl adjacent to an activating group) is 1. The van der Waals surface area contributed by atoms with Crippen molar-refractivity contribution >= 4 is 46.5 Å². The van der Waals surface area contributed by atoms with E-state index in [9.17, 15) is 24.5 Å². The molecule has 1 N–H and O–H groups in total. The van der Waals surface area contributed by atoms with Crippen molar-refractivity contribution in [3.8, 4) is 0 Å². The first-order valence-corrected chi connectivity index (χ1v) is 10.7. The molecule has 9 nitrogen and oxygen atoms in total. The zero-order chi connectivity index (χ0) is 22.7. The third kappa shape index (κ3) is 4.69. The Balaban J connectivity index is 1.83. The Bertz CT molecular complexity index is 1060. The molecule has 3 amide bonds. The molecule has 0 spiro atoms. The van der Waals surface area contributed by atoms with E-state index in [0.29, 0.717) is 16.3 Å². The third-order valence-corrected chi connectivity index (χ3v) is 5.75. The summed E-state index contributed by atoms with van der Waals surface area (Å²) in [5, 5.41) is 14.1. The minimum absolute atomic E-state index is 0.125. The molecular weight excluding hydrogens is 420 g/mol. The maximum absolute atomic E-state index is 13.1. The lowest BCUT2D eigenvalue weighted by molar-refractivity contribution is -0.387. The van der Waals surface area contributed by atoms with Gasteiger partial charge in [0.1, 0.15) is 6.54 Å². The monoisotopic (exact) mass is 442 g/mol. The van der Waals surface area contributed by atoms with Crippen LogP contribution in [0.2, 0.25) is 0 Å². The van der Waals surface area contributed by atoms with Gasteiger partial charge in [-0.1, -0.05) is 12.1 Å². The highest BCUT2D eigenvalue weighted by atomic mass is 32.2. The summed E-state index contributed by atoms with van der Waals surface area (Å²) in [6.45, 7) is 1.52. The molecule has 0 fully saturated rings. The predicted molar refractivity (Wildman–Crippen MR) is 118 cm³/mol. The van der Waals surface area contributed by atoms with Crippen LogP contribution in [0.3, 0.4) is 0 Å². The number of nitro benzene ring substituents is 1. The number of fused-ring (bicyclic) bond motifs is 1. The molecule has 0 saturated heterocycles. The Morgan fingerprint density at radius 1 is 1.29 bits per heavy atom. The van der Waals surface area contributed by atoms with Gasteiger partial charge in [-0.3, -0.25) is 24.5 Å². The number of carbonyl (C=O) groups is 3. The standard InChI is InChI=1S/C21H22N4O5S/c1-13-10-19(26)22-15-6-4-5-7-16(15)24(13)20(27)12-23(2)21(28)14-8-9-18(31-3)17(11-14)25(29)30/h4-9,11,13H,10,12H2,1-3H3,(H,22,26)/t13-/m0/s1. The van der Waals surface area contributed by atoms with Gasteiger partial charge >= 0.3 is 0 Å². The van der Waals surface area contributed by atoms with Crippen LogP contribution in [0.1, 0.15) is 23.7 Å². The lowest BCUT2D eigenvalue weighted by atomic mass is 10.1. The zero-order valence-corrected chi connectivity index (χ0v) is 18.1. The van der Waals surface area contributed by atoms with Gasteiger partial charge in [0.05, 0.1) is 21.2 Å². The molecule has 0 bridgehead atoms. The SMILES string of the molecule is CSc1ccc(C(=O)N(C)CC(=O)N2c3ccccc3NC(=O)C[C@@H]2C)cc1[N+](=O)[O-]. The van der Waals surface area contributed by atoms with Crippen molar-refractivity contribution in [1.29, 1.82) is 0 Å². The van der Waals surface area contributed by atoms with E-state index >= 15 is 0 Å². The molecule has 1 aliphatic heterocycles. The van der Waals surface area contributed by atoms with Crippen molar-refractivity contribution in [3.05, 3.63) is 58.1 Å². The molecule has 0 saturated carbocycles. The number of amides is 3. The molecule has 2 aromatic carbocycles. The summed E-state index contributed by atoms with van der Waals surface area (Å²) < 4.78 is 0. The van der Waals surface area contributed by atoms with Crippen LogP contribution < -0.4 is 10.2 Å². The highest BCUT2D eigenvalue weighted by molar-refractivity contribution is 7.98. The number of para-hydroxylation sites is 2. The topological polar surface area (TPSA) is 113 Å². The summed E-state index contributed by atoms with van der Waals surface area (Å²) >= 11 is 1.22. The van der Waals surface area contributed by atoms with E-state index in [1.54, 1.807) is 37.4 Å². The first-order chi connectivity index (χ1) is 14.7.